The van der Waals surface area contributed by atoms with Crippen LogP contribution in [0.5, 0.6) is 0 Å². The number of amides is 2. The number of carbonyl (C=O) groups excluding carboxylic acids is 2. The quantitative estimate of drug-likeness (QED) is 0.836. The van der Waals surface area contributed by atoms with Crippen molar-refractivity contribution >= 4 is 11.8 Å². The molecule has 8 heteroatoms. The van der Waals surface area contributed by atoms with Crippen molar-refractivity contribution < 1.29 is 14.1 Å². The van der Waals surface area contributed by atoms with E-state index in [4.69, 9.17) is 10.3 Å². The predicted octanol–water partition coefficient (Wildman–Crippen LogP) is 0.393. The molecule has 24 heavy (non-hydrogen) atoms. The highest BCUT2D eigenvalue weighted by Gasteiger charge is 2.49. The number of nitrogens with two attached hydrogens (primary N) is 1. The Labute approximate surface area is 140 Å². The first-order valence-corrected chi connectivity index (χ1v) is 8.70. The van der Waals surface area contributed by atoms with Gasteiger partial charge in [0.25, 0.3) is 11.7 Å². The van der Waals surface area contributed by atoms with Crippen molar-refractivity contribution in [3.63, 3.8) is 0 Å². The molecule has 0 bridgehead atoms. The minimum atomic E-state index is -0.693. The number of piperidine rings is 1. The van der Waals surface area contributed by atoms with Crippen LogP contribution >= 0.6 is 0 Å². The summed E-state index contributed by atoms with van der Waals surface area (Å²) in [7, 11) is 0. The number of hydrogen-bond acceptors (Lipinski definition) is 6. The lowest BCUT2D eigenvalue weighted by molar-refractivity contribution is -0.146. The van der Waals surface area contributed by atoms with Crippen LogP contribution in [0.4, 0.5) is 0 Å². The maximum Gasteiger partial charge on any atom is 0.290 e. The van der Waals surface area contributed by atoms with Crippen molar-refractivity contribution in [1.29, 1.82) is 0 Å². The molecular weight excluding hydrogens is 310 g/mol. The normalized spacial score (nSPS) is 28.0. The molecule has 1 aromatic heterocycles. The molecule has 0 aromatic carbocycles. The summed E-state index contributed by atoms with van der Waals surface area (Å²) < 4.78 is 5.07. The van der Waals surface area contributed by atoms with Gasteiger partial charge in [-0.05, 0) is 44.6 Å². The van der Waals surface area contributed by atoms with Gasteiger partial charge < -0.3 is 15.2 Å². The van der Waals surface area contributed by atoms with E-state index in [-0.39, 0.29) is 11.2 Å². The van der Waals surface area contributed by atoms with E-state index in [0.717, 1.165) is 51.4 Å². The van der Waals surface area contributed by atoms with Gasteiger partial charge in [-0.3, -0.25) is 14.5 Å². The van der Waals surface area contributed by atoms with E-state index < -0.39 is 5.91 Å². The summed E-state index contributed by atoms with van der Waals surface area (Å²) in [6.07, 6.45) is 5.45. The van der Waals surface area contributed by atoms with Gasteiger partial charge >= 0.3 is 0 Å². The van der Waals surface area contributed by atoms with Crippen molar-refractivity contribution in [2.75, 3.05) is 26.2 Å². The molecule has 3 fully saturated rings. The average Bonchev–Trinajstić information content (AvgIpc) is 3.08. The van der Waals surface area contributed by atoms with Crippen LogP contribution in [0.3, 0.4) is 0 Å². The van der Waals surface area contributed by atoms with Gasteiger partial charge in [-0.15, -0.1) is 0 Å². The number of hydrogen-bond donors (Lipinski definition) is 1. The predicted molar refractivity (Wildman–Crippen MR) is 83.7 cm³/mol. The Bertz CT molecular complexity index is 656. The Morgan fingerprint density at radius 1 is 1.33 bits per heavy atom. The highest BCUT2D eigenvalue weighted by Crippen LogP contribution is 2.42. The molecule has 1 aromatic rings. The van der Waals surface area contributed by atoms with Gasteiger partial charge in [0, 0.05) is 19.6 Å². The van der Waals surface area contributed by atoms with E-state index in [0.29, 0.717) is 18.3 Å². The first-order chi connectivity index (χ1) is 11.6. The van der Waals surface area contributed by atoms with Gasteiger partial charge in [0.1, 0.15) is 0 Å². The highest BCUT2D eigenvalue weighted by atomic mass is 16.5. The van der Waals surface area contributed by atoms with Crippen LogP contribution in [0.2, 0.25) is 0 Å². The first kappa shape index (κ1) is 15.6. The molecule has 4 rings (SSSR count). The standard InChI is InChI=1S/C16H23N5O3/c17-13(22)14-18-12(24-19-14)9-20-7-5-16(10-20)4-1-6-21(15(16)23)8-11-2-3-11/h11H,1-10H2,(H2,17,22)/t16-/m1/s1. The summed E-state index contributed by atoms with van der Waals surface area (Å²) in [6, 6.07) is 0. The minimum Gasteiger partial charge on any atom is -0.363 e. The van der Waals surface area contributed by atoms with E-state index in [2.05, 4.69) is 19.9 Å². The van der Waals surface area contributed by atoms with Crippen LogP contribution in [0.25, 0.3) is 0 Å². The first-order valence-electron chi connectivity index (χ1n) is 8.70. The third-order valence-electron chi connectivity index (χ3n) is 5.48. The van der Waals surface area contributed by atoms with Crippen LogP contribution in [0, 0.1) is 11.3 Å². The van der Waals surface area contributed by atoms with Crippen molar-refractivity contribution in [1.82, 2.24) is 19.9 Å². The van der Waals surface area contributed by atoms with Crippen molar-refractivity contribution in [3.8, 4) is 0 Å². The molecular formula is C16H23N5O3. The second-order valence-corrected chi connectivity index (χ2v) is 7.42. The molecule has 2 aliphatic heterocycles. The summed E-state index contributed by atoms with van der Waals surface area (Å²) in [5, 5.41) is 3.57. The number of primary amides is 1. The second-order valence-electron chi connectivity index (χ2n) is 7.42. The Morgan fingerprint density at radius 3 is 2.88 bits per heavy atom. The number of nitrogens with zero attached hydrogens (tertiary/aromatic N) is 4. The maximum atomic E-state index is 13.0. The summed E-state index contributed by atoms with van der Waals surface area (Å²) in [6.45, 7) is 3.85. The van der Waals surface area contributed by atoms with Crippen LogP contribution in [0.15, 0.2) is 4.52 Å². The molecule has 3 heterocycles. The zero-order chi connectivity index (χ0) is 16.7. The Morgan fingerprint density at radius 2 is 2.17 bits per heavy atom. The molecule has 3 aliphatic rings. The monoisotopic (exact) mass is 333 g/mol. The van der Waals surface area contributed by atoms with Gasteiger partial charge in [0.15, 0.2) is 0 Å². The molecule has 1 saturated carbocycles. The molecule has 2 saturated heterocycles. The third kappa shape index (κ3) is 2.90. The number of carbonyl (C=O) groups is 2. The summed E-state index contributed by atoms with van der Waals surface area (Å²) >= 11 is 0. The smallest absolute Gasteiger partial charge is 0.290 e. The maximum absolute atomic E-state index is 13.0. The Balaban J connectivity index is 1.40. The van der Waals surface area contributed by atoms with E-state index in [1.165, 1.54) is 12.8 Å². The van der Waals surface area contributed by atoms with Gasteiger partial charge in [-0.1, -0.05) is 5.16 Å². The Kier molecular flexibility index (Phi) is 3.79. The third-order valence-corrected chi connectivity index (χ3v) is 5.48. The van der Waals surface area contributed by atoms with Crippen molar-refractivity contribution in [2.24, 2.45) is 17.1 Å². The van der Waals surface area contributed by atoms with Gasteiger partial charge in [-0.25, -0.2) is 0 Å². The fourth-order valence-corrected chi connectivity index (χ4v) is 4.02. The number of rotatable bonds is 5. The lowest BCUT2D eigenvalue weighted by atomic mass is 9.78. The van der Waals surface area contributed by atoms with Crippen LogP contribution in [-0.2, 0) is 11.3 Å². The van der Waals surface area contributed by atoms with Crippen LogP contribution < -0.4 is 5.73 Å². The summed E-state index contributed by atoms with van der Waals surface area (Å²) in [4.78, 5) is 32.3. The molecule has 2 N–H and O–H groups in total. The van der Waals surface area contributed by atoms with Gasteiger partial charge in [0.05, 0.1) is 12.0 Å². The van der Waals surface area contributed by atoms with Crippen LogP contribution in [0.1, 0.15) is 48.6 Å². The molecule has 1 aliphatic carbocycles. The van der Waals surface area contributed by atoms with E-state index in [9.17, 15) is 9.59 Å². The largest absolute Gasteiger partial charge is 0.363 e. The van der Waals surface area contributed by atoms with E-state index >= 15 is 0 Å². The number of likely N-dealkylation sites (tertiary alicyclic amines) is 2. The number of aromatic nitrogens is 2. The molecule has 0 unspecified atom stereocenters. The van der Waals surface area contributed by atoms with Crippen LogP contribution in [-0.4, -0.2) is 57.9 Å². The Hall–Kier alpha value is -1.96. The average molecular weight is 333 g/mol. The zero-order valence-corrected chi connectivity index (χ0v) is 13.7. The van der Waals surface area contributed by atoms with Crippen molar-refractivity contribution in [2.45, 2.75) is 38.6 Å². The molecule has 1 spiro atoms. The summed E-state index contributed by atoms with van der Waals surface area (Å²) in [5.74, 6) is 0.641. The second kappa shape index (κ2) is 5.84. The van der Waals surface area contributed by atoms with E-state index in [1.807, 2.05) is 0 Å². The SMILES string of the molecule is NC(=O)c1noc(CN2CC[C@]3(CCCN(CC4CC4)C3=O)C2)n1. The highest BCUT2D eigenvalue weighted by molar-refractivity contribution is 5.88. The van der Waals surface area contributed by atoms with E-state index in [1.54, 1.807) is 0 Å². The van der Waals surface area contributed by atoms with Gasteiger partial charge in [-0.2, -0.15) is 4.98 Å². The fourth-order valence-electron chi connectivity index (χ4n) is 4.02. The zero-order valence-electron chi connectivity index (χ0n) is 13.7. The molecule has 130 valence electrons. The topological polar surface area (TPSA) is 106 Å². The molecule has 0 radical (unpaired) electrons. The fraction of sp³-hybridized carbons (Fsp3) is 0.750. The lowest BCUT2D eigenvalue weighted by Crippen LogP contribution is -2.50. The van der Waals surface area contributed by atoms with Gasteiger partial charge in [0.2, 0.25) is 11.8 Å². The van der Waals surface area contributed by atoms with Crippen molar-refractivity contribution in [3.05, 3.63) is 11.7 Å². The molecule has 8 nitrogen and oxygen atoms in total. The molecule has 2 amide bonds. The molecule has 1 atom stereocenters. The summed E-state index contributed by atoms with van der Waals surface area (Å²) in [5.41, 5.74) is 4.89. The minimum absolute atomic E-state index is 0.0942. The lowest BCUT2D eigenvalue weighted by Gasteiger charge is -2.39.